The SMILES string of the molecule is COc1cc(CN2C[C@@H](c3cccc(O)c3)[C@@H]3[C@H]2C2CCN3CC2)ccc1F. The van der Waals surface area contributed by atoms with E-state index < -0.39 is 0 Å². The summed E-state index contributed by atoms with van der Waals surface area (Å²) in [4.78, 5) is 5.24. The van der Waals surface area contributed by atoms with E-state index in [2.05, 4.69) is 15.9 Å². The molecule has 0 saturated carbocycles. The van der Waals surface area contributed by atoms with Crippen molar-refractivity contribution in [2.45, 2.75) is 37.4 Å². The van der Waals surface area contributed by atoms with Crippen LogP contribution in [0.1, 0.15) is 29.9 Å². The molecule has 0 aromatic heterocycles. The molecule has 4 aliphatic rings. The first kappa shape index (κ1) is 18.0. The van der Waals surface area contributed by atoms with Crippen molar-refractivity contribution in [2.24, 2.45) is 5.92 Å². The van der Waals surface area contributed by atoms with Crippen LogP contribution in [-0.2, 0) is 6.54 Å². The van der Waals surface area contributed by atoms with Gasteiger partial charge in [-0.2, -0.15) is 0 Å². The highest BCUT2D eigenvalue weighted by Gasteiger charge is 2.53. The highest BCUT2D eigenvalue weighted by Crippen LogP contribution is 2.47. The van der Waals surface area contributed by atoms with Gasteiger partial charge in [-0.05, 0) is 67.2 Å². The second-order valence-corrected chi connectivity index (χ2v) is 8.45. The maximum absolute atomic E-state index is 13.8. The molecular formula is C23H27FN2O2. The van der Waals surface area contributed by atoms with Crippen molar-refractivity contribution in [1.82, 2.24) is 9.80 Å². The standard InChI is InChI=1S/C23H27FN2O2/c1-28-21-11-15(5-6-20(21)24)13-26-14-19(17-3-2-4-18(27)12-17)23-22(26)16-7-9-25(23)10-8-16/h2-6,11-12,16,19,22-23,27H,7-10,13-14H2,1H3/t19-,22+,23+/m0/s1. The van der Waals surface area contributed by atoms with Gasteiger partial charge >= 0.3 is 0 Å². The predicted octanol–water partition coefficient (Wildman–Crippen LogP) is 3.60. The topological polar surface area (TPSA) is 35.9 Å². The molecule has 0 aliphatic carbocycles. The van der Waals surface area contributed by atoms with E-state index in [1.165, 1.54) is 44.7 Å². The number of methoxy groups -OCH3 is 1. The van der Waals surface area contributed by atoms with Crippen molar-refractivity contribution < 1.29 is 14.2 Å². The summed E-state index contributed by atoms with van der Waals surface area (Å²) in [6.45, 7) is 4.13. The Kier molecular flexibility index (Phi) is 4.52. The predicted molar refractivity (Wildman–Crippen MR) is 106 cm³/mol. The molecule has 3 atom stereocenters. The monoisotopic (exact) mass is 382 g/mol. The Balaban J connectivity index is 1.47. The zero-order chi connectivity index (χ0) is 19.3. The average molecular weight is 382 g/mol. The molecule has 6 rings (SSSR count). The van der Waals surface area contributed by atoms with Crippen molar-refractivity contribution in [3.63, 3.8) is 0 Å². The Morgan fingerprint density at radius 2 is 1.93 bits per heavy atom. The molecule has 0 unspecified atom stereocenters. The van der Waals surface area contributed by atoms with E-state index in [9.17, 15) is 9.50 Å². The first-order valence-corrected chi connectivity index (χ1v) is 10.2. The number of nitrogens with zero attached hydrogens (tertiary/aromatic N) is 2. The summed E-state index contributed by atoms with van der Waals surface area (Å²) < 4.78 is 19.0. The minimum absolute atomic E-state index is 0.312. The fourth-order valence-electron chi connectivity index (χ4n) is 5.81. The van der Waals surface area contributed by atoms with Crippen molar-refractivity contribution in [3.05, 3.63) is 59.4 Å². The van der Waals surface area contributed by atoms with Gasteiger partial charge in [-0.25, -0.2) is 4.39 Å². The summed E-state index contributed by atoms with van der Waals surface area (Å²) >= 11 is 0. The van der Waals surface area contributed by atoms with E-state index in [-0.39, 0.29) is 5.82 Å². The Labute approximate surface area is 165 Å². The number of halogens is 1. The van der Waals surface area contributed by atoms with Gasteiger partial charge in [0.1, 0.15) is 5.75 Å². The van der Waals surface area contributed by atoms with Crippen LogP contribution in [0.2, 0.25) is 0 Å². The summed E-state index contributed by atoms with van der Waals surface area (Å²) in [5, 5.41) is 10.0. The molecule has 2 aromatic carbocycles. The Morgan fingerprint density at radius 3 is 2.68 bits per heavy atom. The Bertz CT molecular complexity index is 865. The number of aromatic hydroxyl groups is 1. The molecule has 2 aromatic rings. The van der Waals surface area contributed by atoms with Crippen molar-refractivity contribution in [2.75, 3.05) is 26.7 Å². The number of phenolic OH excluding ortho intramolecular Hbond substituents is 1. The number of piperidine rings is 3. The average Bonchev–Trinajstić information content (AvgIpc) is 3.12. The van der Waals surface area contributed by atoms with Gasteiger partial charge in [-0.15, -0.1) is 0 Å². The number of hydrogen-bond acceptors (Lipinski definition) is 4. The highest BCUT2D eigenvalue weighted by molar-refractivity contribution is 5.34. The Hall–Kier alpha value is -2.11. The molecule has 4 fully saturated rings. The summed E-state index contributed by atoms with van der Waals surface area (Å²) in [7, 11) is 1.51. The molecule has 28 heavy (non-hydrogen) atoms. The summed E-state index contributed by atoms with van der Waals surface area (Å²) in [6, 6.07) is 14.0. The van der Waals surface area contributed by atoms with E-state index in [1.54, 1.807) is 6.07 Å². The van der Waals surface area contributed by atoms with E-state index >= 15 is 0 Å². The molecule has 0 amide bonds. The molecule has 5 heteroatoms. The smallest absolute Gasteiger partial charge is 0.165 e. The molecule has 2 bridgehead atoms. The normalized spacial score (nSPS) is 31.7. The molecule has 4 saturated heterocycles. The van der Waals surface area contributed by atoms with Gasteiger partial charge in [-0.3, -0.25) is 9.80 Å². The van der Waals surface area contributed by atoms with E-state index in [0.717, 1.165) is 24.6 Å². The summed E-state index contributed by atoms with van der Waals surface area (Å²) in [6.07, 6.45) is 2.52. The minimum atomic E-state index is -0.314. The van der Waals surface area contributed by atoms with Crippen LogP contribution in [0.3, 0.4) is 0 Å². The van der Waals surface area contributed by atoms with Gasteiger partial charge in [0.2, 0.25) is 0 Å². The maximum atomic E-state index is 13.8. The lowest BCUT2D eigenvalue weighted by Crippen LogP contribution is -2.59. The first-order valence-electron chi connectivity index (χ1n) is 10.2. The highest BCUT2D eigenvalue weighted by atomic mass is 19.1. The zero-order valence-electron chi connectivity index (χ0n) is 16.2. The van der Waals surface area contributed by atoms with Crippen molar-refractivity contribution in [3.8, 4) is 11.5 Å². The second kappa shape index (κ2) is 7.05. The minimum Gasteiger partial charge on any atom is -0.508 e. The number of fused-ring (bicyclic) bond motifs is 2. The van der Waals surface area contributed by atoms with E-state index in [0.29, 0.717) is 29.5 Å². The molecule has 148 valence electrons. The van der Waals surface area contributed by atoms with Gasteiger partial charge < -0.3 is 9.84 Å². The van der Waals surface area contributed by atoms with Crippen LogP contribution in [0, 0.1) is 11.7 Å². The first-order chi connectivity index (χ1) is 13.6. The lowest BCUT2D eigenvalue weighted by atomic mass is 9.75. The molecule has 4 aliphatic heterocycles. The summed E-state index contributed by atoms with van der Waals surface area (Å²) in [5.41, 5.74) is 2.31. The van der Waals surface area contributed by atoms with Crippen molar-refractivity contribution in [1.29, 1.82) is 0 Å². The zero-order valence-corrected chi connectivity index (χ0v) is 16.2. The van der Waals surface area contributed by atoms with Crippen LogP contribution < -0.4 is 4.74 Å². The molecule has 1 N–H and O–H groups in total. The molecule has 4 heterocycles. The largest absolute Gasteiger partial charge is 0.508 e. The van der Waals surface area contributed by atoms with E-state index in [1.807, 2.05) is 24.3 Å². The molecule has 4 nitrogen and oxygen atoms in total. The molecule has 0 radical (unpaired) electrons. The van der Waals surface area contributed by atoms with Crippen molar-refractivity contribution >= 4 is 0 Å². The lowest BCUT2D eigenvalue weighted by Gasteiger charge is -2.51. The van der Waals surface area contributed by atoms with Gasteiger partial charge in [0, 0.05) is 31.1 Å². The molecular weight excluding hydrogens is 355 g/mol. The fraction of sp³-hybridized carbons (Fsp3) is 0.478. The molecule has 0 spiro atoms. The van der Waals surface area contributed by atoms with Crippen LogP contribution in [0.4, 0.5) is 4.39 Å². The third-order valence-corrected chi connectivity index (χ3v) is 6.99. The van der Waals surface area contributed by atoms with Gasteiger partial charge in [-0.1, -0.05) is 18.2 Å². The Morgan fingerprint density at radius 1 is 1.11 bits per heavy atom. The number of ether oxygens (including phenoxy) is 1. The maximum Gasteiger partial charge on any atom is 0.165 e. The summed E-state index contributed by atoms with van der Waals surface area (Å²) in [5.74, 6) is 1.45. The van der Waals surface area contributed by atoms with Crippen LogP contribution >= 0.6 is 0 Å². The van der Waals surface area contributed by atoms with Crippen LogP contribution in [0.15, 0.2) is 42.5 Å². The number of phenols is 1. The number of likely N-dealkylation sites (tertiary alicyclic amines) is 1. The van der Waals surface area contributed by atoms with E-state index in [4.69, 9.17) is 4.74 Å². The lowest BCUT2D eigenvalue weighted by molar-refractivity contribution is -0.00871. The van der Waals surface area contributed by atoms with Crippen LogP contribution in [0.5, 0.6) is 11.5 Å². The number of rotatable bonds is 4. The quantitative estimate of drug-likeness (QED) is 0.877. The second-order valence-electron chi connectivity index (χ2n) is 8.45. The fourth-order valence-corrected chi connectivity index (χ4v) is 5.81. The van der Waals surface area contributed by atoms with Crippen LogP contribution in [-0.4, -0.2) is 53.7 Å². The van der Waals surface area contributed by atoms with Crippen LogP contribution in [0.25, 0.3) is 0 Å². The number of hydrogen-bond donors (Lipinski definition) is 1. The third-order valence-electron chi connectivity index (χ3n) is 6.99. The van der Waals surface area contributed by atoms with Gasteiger partial charge in [0.05, 0.1) is 7.11 Å². The number of benzene rings is 2. The van der Waals surface area contributed by atoms with Gasteiger partial charge in [0.25, 0.3) is 0 Å². The third kappa shape index (κ3) is 2.97. The van der Waals surface area contributed by atoms with Gasteiger partial charge in [0.15, 0.2) is 11.6 Å².